The summed E-state index contributed by atoms with van der Waals surface area (Å²) in [5.74, 6) is -0.906. The lowest BCUT2D eigenvalue weighted by Gasteiger charge is -2.21. The normalized spacial score (nSPS) is 15.1. The second-order valence-electron chi connectivity index (χ2n) is 7.24. The Balaban J connectivity index is 1.63. The molecule has 0 saturated heterocycles. The molecule has 0 radical (unpaired) electrons. The molecular weight excluding hydrogens is 379 g/mol. The van der Waals surface area contributed by atoms with E-state index in [0.29, 0.717) is 0 Å². The largest absolute Gasteiger partial charge is 0.348 e. The topological polar surface area (TPSA) is 66.5 Å². The zero-order chi connectivity index (χ0) is 20.3. The van der Waals surface area contributed by atoms with Gasteiger partial charge >= 0.3 is 0 Å². The number of sulfonamides is 1. The molecule has 5 nitrogen and oxygen atoms in total. The molecule has 2 aromatic carbocycles. The van der Waals surface area contributed by atoms with Crippen LogP contribution < -0.4 is 5.32 Å². The second-order valence-corrected chi connectivity index (χ2v) is 9.28. The summed E-state index contributed by atoms with van der Waals surface area (Å²) >= 11 is 0. The number of fused-ring (bicyclic) bond motifs is 1. The van der Waals surface area contributed by atoms with Crippen LogP contribution in [0.2, 0.25) is 0 Å². The first-order chi connectivity index (χ1) is 13.3. The van der Waals surface area contributed by atoms with E-state index < -0.39 is 21.7 Å². The molecule has 0 aromatic heterocycles. The minimum Gasteiger partial charge on any atom is -0.348 e. The molecule has 0 heterocycles. The standard InChI is InChI=1S/C21H25FN2O3S/c1-15(17-8-7-16-5-3-4-6-18(16)13-17)23-21(25)14-24(2)28(26,27)20-11-9-19(22)10-12-20/h7-13,15H,3-6,14H2,1-2H3,(H,23,25)/t15-/m0/s1. The van der Waals surface area contributed by atoms with Crippen LogP contribution in [0.5, 0.6) is 0 Å². The summed E-state index contributed by atoms with van der Waals surface area (Å²) < 4.78 is 39.0. The van der Waals surface area contributed by atoms with Gasteiger partial charge in [0.1, 0.15) is 5.82 Å². The van der Waals surface area contributed by atoms with Crippen molar-refractivity contribution >= 4 is 15.9 Å². The van der Waals surface area contributed by atoms with Crippen molar-refractivity contribution in [3.8, 4) is 0 Å². The molecule has 150 valence electrons. The van der Waals surface area contributed by atoms with Crippen LogP contribution in [0.25, 0.3) is 0 Å². The van der Waals surface area contributed by atoms with Gasteiger partial charge in [-0.1, -0.05) is 18.2 Å². The van der Waals surface area contributed by atoms with Gasteiger partial charge in [0.05, 0.1) is 17.5 Å². The van der Waals surface area contributed by atoms with Gasteiger partial charge < -0.3 is 5.32 Å². The van der Waals surface area contributed by atoms with Crippen LogP contribution >= 0.6 is 0 Å². The maximum atomic E-state index is 13.0. The Morgan fingerprint density at radius 1 is 1.11 bits per heavy atom. The smallest absolute Gasteiger partial charge is 0.243 e. The summed E-state index contributed by atoms with van der Waals surface area (Å²) in [6.07, 6.45) is 4.56. The lowest BCUT2D eigenvalue weighted by atomic mass is 9.89. The first kappa shape index (κ1) is 20.5. The maximum Gasteiger partial charge on any atom is 0.243 e. The number of carbonyl (C=O) groups excluding carboxylic acids is 1. The van der Waals surface area contributed by atoms with Crippen molar-refractivity contribution in [2.24, 2.45) is 0 Å². The molecule has 0 fully saturated rings. The molecule has 0 saturated carbocycles. The quantitative estimate of drug-likeness (QED) is 0.804. The summed E-state index contributed by atoms with van der Waals surface area (Å²) in [5.41, 5.74) is 3.72. The highest BCUT2D eigenvalue weighted by molar-refractivity contribution is 7.89. The van der Waals surface area contributed by atoms with Crippen molar-refractivity contribution in [3.05, 3.63) is 65.0 Å². The summed E-state index contributed by atoms with van der Waals surface area (Å²) in [4.78, 5) is 12.3. The Kier molecular flexibility index (Phi) is 6.15. The molecule has 0 aliphatic heterocycles. The number of rotatable bonds is 6. The molecule has 0 spiro atoms. The molecule has 1 aliphatic rings. The van der Waals surface area contributed by atoms with E-state index in [-0.39, 0.29) is 17.5 Å². The third kappa shape index (κ3) is 4.59. The van der Waals surface area contributed by atoms with E-state index in [0.717, 1.165) is 34.8 Å². The predicted octanol–water partition coefficient (Wildman–Crippen LogP) is 3.20. The maximum absolute atomic E-state index is 13.0. The van der Waals surface area contributed by atoms with Crippen LogP contribution in [0.1, 0.15) is 42.5 Å². The first-order valence-electron chi connectivity index (χ1n) is 9.40. The molecule has 2 aromatic rings. The first-order valence-corrected chi connectivity index (χ1v) is 10.8. The molecule has 0 bridgehead atoms. The van der Waals surface area contributed by atoms with Gasteiger partial charge in [-0.15, -0.1) is 0 Å². The van der Waals surface area contributed by atoms with Crippen molar-refractivity contribution in [1.82, 2.24) is 9.62 Å². The van der Waals surface area contributed by atoms with Gasteiger partial charge in [-0.25, -0.2) is 12.8 Å². The van der Waals surface area contributed by atoms with Crippen LogP contribution in [0, 0.1) is 5.82 Å². The number of hydrogen-bond acceptors (Lipinski definition) is 3. The second kappa shape index (κ2) is 8.41. The van der Waals surface area contributed by atoms with E-state index in [9.17, 15) is 17.6 Å². The fourth-order valence-corrected chi connectivity index (χ4v) is 4.59. The highest BCUT2D eigenvalue weighted by Crippen LogP contribution is 2.24. The van der Waals surface area contributed by atoms with E-state index in [4.69, 9.17) is 0 Å². The lowest BCUT2D eigenvalue weighted by molar-refractivity contribution is -0.121. The highest BCUT2D eigenvalue weighted by Gasteiger charge is 2.24. The van der Waals surface area contributed by atoms with Crippen LogP contribution in [-0.2, 0) is 27.7 Å². The number of likely N-dealkylation sites (N-methyl/N-ethyl adjacent to an activating group) is 1. The predicted molar refractivity (Wildman–Crippen MR) is 106 cm³/mol. The average molecular weight is 405 g/mol. The molecule has 1 atom stereocenters. The molecule has 0 unspecified atom stereocenters. The SMILES string of the molecule is C[C@H](NC(=O)CN(C)S(=O)(=O)c1ccc(F)cc1)c1ccc2c(c1)CCCC2. The molecule has 1 N–H and O–H groups in total. The van der Waals surface area contributed by atoms with E-state index in [1.54, 1.807) is 0 Å². The number of amides is 1. The van der Waals surface area contributed by atoms with Crippen LogP contribution in [0.4, 0.5) is 4.39 Å². The van der Waals surface area contributed by atoms with Gasteiger partial charge in [0.15, 0.2) is 0 Å². The van der Waals surface area contributed by atoms with Crippen LogP contribution in [0.3, 0.4) is 0 Å². The van der Waals surface area contributed by atoms with Gasteiger partial charge in [0, 0.05) is 7.05 Å². The van der Waals surface area contributed by atoms with Crippen molar-refractivity contribution in [3.63, 3.8) is 0 Å². The number of benzene rings is 2. The fourth-order valence-electron chi connectivity index (χ4n) is 3.47. The fraction of sp³-hybridized carbons (Fsp3) is 0.381. The average Bonchev–Trinajstić information content (AvgIpc) is 2.67. The molecule has 1 aliphatic carbocycles. The van der Waals surface area contributed by atoms with Gasteiger partial charge in [0.2, 0.25) is 15.9 Å². The van der Waals surface area contributed by atoms with E-state index in [2.05, 4.69) is 17.4 Å². The van der Waals surface area contributed by atoms with Crippen LogP contribution in [0.15, 0.2) is 47.4 Å². The number of nitrogens with zero attached hydrogens (tertiary/aromatic N) is 1. The number of carbonyl (C=O) groups is 1. The van der Waals surface area contributed by atoms with E-state index >= 15 is 0 Å². The minimum absolute atomic E-state index is 0.0491. The Bertz CT molecular complexity index is 958. The summed E-state index contributed by atoms with van der Waals surface area (Å²) in [6, 6.07) is 10.6. The van der Waals surface area contributed by atoms with E-state index in [1.165, 1.54) is 43.1 Å². The summed E-state index contributed by atoms with van der Waals surface area (Å²) in [5, 5.41) is 2.86. The van der Waals surface area contributed by atoms with E-state index in [1.807, 2.05) is 13.0 Å². The third-order valence-corrected chi connectivity index (χ3v) is 6.96. The van der Waals surface area contributed by atoms with Gasteiger partial charge in [0.25, 0.3) is 0 Å². The van der Waals surface area contributed by atoms with Gasteiger partial charge in [-0.3, -0.25) is 4.79 Å². The summed E-state index contributed by atoms with van der Waals surface area (Å²) in [7, 11) is -2.52. The number of aryl methyl sites for hydroxylation is 2. The highest BCUT2D eigenvalue weighted by atomic mass is 32.2. The molecule has 3 rings (SSSR count). The van der Waals surface area contributed by atoms with Crippen molar-refractivity contribution < 1.29 is 17.6 Å². The molecule has 7 heteroatoms. The number of halogens is 1. The Hall–Kier alpha value is -2.25. The Morgan fingerprint density at radius 3 is 2.43 bits per heavy atom. The molecular formula is C21H25FN2O3S. The monoisotopic (exact) mass is 404 g/mol. The van der Waals surface area contributed by atoms with Gasteiger partial charge in [-0.2, -0.15) is 4.31 Å². The number of nitrogens with one attached hydrogen (secondary N) is 1. The summed E-state index contributed by atoms with van der Waals surface area (Å²) in [6.45, 7) is 1.58. The molecule has 28 heavy (non-hydrogen) atoms. The van der Waals surface area contributed by atoms with Crippen molar-refractivity contribution in [1.29, 1.82) is 0 Å². The van der Waals surface area contributed by atoms with Gasteiger partial charge in [-0.05, 0) is 73.6 Å². The third-order valence-electron chi connectivity index (χ3n) is 5.14. The lowest BCUT2D eigenvalue weighted by Crippen LogP contribution is -2.39. The Morgan fingerprint density at radius 2 is 1.75 bits per heavy atom. The van der Waals surface area contributed by atoms with Crippen molar-refractivity contribution in [2.45, 2.75) is 43.5 Å². The minimum atomic E-state index is -3.86. The zero-order valence-corrected chi connectivity index (χ0v) is 16.9. The Labute approximate surface area is 165 Å². The zero-order valence-electron chi connectivity index (χ0n) is 16.1. The van der Waals surface area contributed by atoms with Crippen molar-refractivity contribution in [2.75, 3.05) is 13.6 Å². The molecule has 1 amide bonds. The number of hydrogen-bond donors (Lipinski definition) is 1. The van der Waals surface area contributed by atoms with Crippen LogP contribution in [-0.4, -0.2) is 32.2 Å².